The molecule has 130 valence electrons. The molecule has 25 heavy (non-hydrogen) atoms. The zero-order valence-electron chi connectivity index (χ0n) is 12.3. The minimum Gasteiger partial charge on any atom is -0.263 e. The van der Waals surface area contributed by atoms with Crippen LogP contribution in [0.5, 0.6) is 0 Å². The highest BCUT2D eigenvalue weighted by Gasteiger charge is 2.37. The fourth-order valence-corrected chi connectivity index (χ4v) is 3.29. The summed E-state index contributed by atoms with van der Waals surface area (Å²) in [6, 6.07) is 6.78. The van der Waals surface area contributed by atoms with E-state index in [1.54, 1.807) is 12.3 Å². The van der Waals surface area contributed by atoms with Crippen molar-refractivity contribution in [3.63, 3.8) is 0 Å². The van der Waals surface area contributed by atoms with E-state index in [0.717, 1.165) is 18.5 Å². The van der Waals surface area contributed by atoms with Gasteiger partial charge >= 0.3 is 6.18 Å². The molecule has 11 heteroatoms. The second kappa shape index (κ2) is 6.16. The van der Waals surface area contributed by atoms with Crippen LogP contribution in [0.2, 0.25) is 0 Å². The minimum atomic E-state index is -4.81. The molecule has 0 fully saturated rings. The standard InChI is InChI=1S/C14H10F3N5O2S/c15-14(16,17)10-4-1-2-5-11(10)25(23,24)21-12-8-13(19-9-18-12)22-7-3-6-20-22/h1-9H,(H,18,19,21). The van der Waals surface area contributed by atoms with Crippen LogP contribution in [0.1, 0.15) is 5.56 Å². The normalized spacial score (nSPS) is 12.1. The largest absolute Gasteiger partial charge is 0.417 e. The Kier molecular flexibility index (Phi) is 4.17. The zero-order chi connectivity index (χ0) is 18.1. The molecule has 0 aliphatic heterocycles. The number of nitrogens with one attached hydrogen (secondary N) is 1. The second-order valence-electron chi connectivity index (χ2n) is 4.81. The maximum Gasteiger partial charge on any atom is 0.417 e. The average Bonchev–Trinajstić information content (AvgIpc) is 3.08. The number of hydrogen-bond acceptors (Lipinski definition) is 5. The summed E-state index contributed by atoms with van der Waals surface area (Å²) < 4.78 is 67.2. The molecule has 0 spiro atoms. The van der Waals surface area contributed by atoms with Crippen molar-refractivity contribution in [2.45, 2.75) is 11.1 Å². The second-order valence-corrected chi connectivity index (χ2v) is 6.46. The topological polar surface area (TPSA) is 89.8 Å². The Labute approximate surface area is 140 Å². The maximum atomic E-state index is 13.0. The van der Waals surface area contributed by atoms with E-state index in [0.29, 0.717) is 6.07 Å². The number of halogens is 3. The van der Waals surface area contributed by atoms with E-state index in [4.69, 9.17) is 0 Å². The molecule has 0 aliphatic carbocycles. The molecule has 0 bridgehead atoms. The van der Waals surface area contributed by atoms with Gasteiger partial charge in [-0.15, -0.1) is 0 Å². The third-order valence-corrected chi connectivity index (χ3v) is 4.53. The maximum absolute atomic E-state index is 13.0. The highest BCUT2D eigenvalue weighted by atomic mass is 32.2. The molecular weight excluding hydrogens is 359 g/mol. The third kappa shape index (κ3) is 3.60. The van der Waals surface area contributed by atoms with E-state index in [9.17, 15) is 21.6 Å². The fraction of sp³-hybridized carbons (Fsp3) is 0.0714. The van der Waals surface area contributed by atoms with E-state index < -0.39 is 26.7 Å². The van der Waals surface area contributed by atoms with Gasteiger partial charge in [-0.3, -0.25) is 4.72 Å². The molecular formula is C14H10F3N5O2S. The molecule has 3 aromatic rings. The lowest BCUT2D eigenvalue weighted by atomic mass is 10.2. The number of sulfonamides is 1. The molecule has 0 amide bonds. The Balaban J connectivity index is 1.97. The van der Waals surface area contributed by atoms with Crippen LogP contribution in [0.15, 0.2) is 60.0 Å². The number of nitrogens with zero attached hydrogens (tertiary/aromatic N) is 4. The number of aromatic nitrogens is 4. The van der Waals surface area contributed by atoms with Crippen molar-refractivity contribution in [2.75, 3.05) is 4.72 Å². The Bertz CT molecular complexity index is 988. The van der Waals surface area contributed by atoms with Crippen molar-refractivity contribution in [3.05, 3.63) is 60.7 Å². The lowest BCUT2D eigenvalue weighted by molar-refractivity contribution is -0.139. The van der Waals surface area contributed by atoms with E-state index in [1.807, 2.05) is 4.72 Å². The van der Waals surface area contributed by atoms with Crippen LogP contribution in [0, 0.1) is 0 Å². The van der Waals surface area contributed by atoms with Gasteiger partial charge in [-0.25, -0.2) is 23.1 Å². The van der Waals surface area contributed by atoms with Crippen LogP contribution in [0.25, 0.3) is 5.82 Å². The SMILES string of the molecule is O=S(=O)(Nc1cc(-n2cccn2)ncn1)c1ccccc1C(F)(F)F. The average molecular weight is 369 g/mol. The van der Waals surface area contributed by atoms with Gasteiger partial charge in [-0.05, 0) is 18.2 Å². The monoisotopic (exact) mass is 369 g/mol. The molecule has 0 saturated carbocycles. The highest BCUT2D eigenvalue weighted by molar-refractivity contribution is 7.92. The summed E-state index contributed by atoms with van der Waals surface area (Å²) in [4.78, 5) is 6.76. The van der Waals surface area contributed by atoms with E-state index in [-0.39, 0.29) is 11.6 Å². The van der Waals surface area contributed by atoms with Crippen molar-refractivity contribution in [2.24, 2.45) is 0 Å². The predicted molar refractivity (Wildman–Crippen MR) is 81.4 cm³/mol. The molecule has 2 aromatic heterocycles. The number of anilines is 1. The Morgan fingerprint density at radius 1 is 1.08 bits per heavy atom. The first-order chi connectivity index (χ1) is 11.8. The molecule has 2 heterocycles. The van der Waals surface area contributed by atoms with Crippen molar-refractivity contribution in [1.29, 1.82) is 0 Å². The van der Waals surface area contributed by atoms with Crippen LogP contribution >= 0.6 is 0 Å². The Morgan fingerprint density at radius 2 is 1.84 bits per heavy atom. The number of hydrogen-bond donors (Lipinski definition) is 1. The molecule has 0 aliphatic rings. The van der Waals surface area contributed by atoms with Gasteiger partial charge in [0, 0.05) is 18.5 Å². The summed E-state index contributed by atoms with van der Waals surface area (Å²) in [6.07, 6.45) is -0.674. The molecule has 1 aromatic carbocycles. The van der Waals surface area contributed by atoms with Gasteiger partial charge in [-0.1, -0.05) is 12.1 Å². The fourth-order valence-electron chi connectivity index (χ4n) is 2.06. The molecule has 0 saturated heterocycles. The molecule has 3 rings (SSSR count). The van der Waals surface area contributed by atoms with Crippen molar-refractivity contribution in [1.82, 2.24) is 19.7 Å². The van der Waals surface area contributed by atoms with E-state index in [2.05, 4.69) is 15.1 Å². The number of rotatable bonds is 4. The quantitative estimate of drug-likeness (QED) is 0.763. The van der Waals surface area contributed by atoms with E-state index >= 15 is 0 Å². The van der Waals surface area contributed by atoms with Crippen LogP contribution in [0.3, 0.4) is 0 Å². The smallest absolute Gasteiger partial charge is 0.263 e. The van der Waals surface area contributed by atoms with Gasteiger partial charge in [0.25, 0.3) is 10.0 Å². The van der Waals surface area contributed by atoms with Crippen LogP contribution in [0.4, 0.5) is 19.0 Å². The predicted octanol–water partition coefficient (Wildman–Crippen LogP) is 2.48. The van der Waals surface area contributed by atoms with Gasteiger partial charge in [0.05, 0.1) is 10.5 Å². The first-order valence-corrected chi connectivity index (χ1v) is 8.27. The highest BCUT2D eigenvalue weighted by Crippen LogP contribution is 2.34. The summed E-state index contributed by atoms with van der Waals surface area (Å²) in [7, 11) is -4.50. The molecule has 7 nitrogen and oxygen atoms in total. The number of alkyl halides is 3. The molecule has 1 N–H and O–H groups in total. The zero-order valence-corrected chi connectivity index (χ0v) is 13.2. The summed E-state index contributed by atoms with van der Waals surface area (Å²) in [5.41, 5.74) is -1.26. The van der Waals surface area contributed by atoms with Crippen LogP contribution in [-0.4, -0.2) is 28.2 Å². The lowest BCUT2D eigenvalue weighted by Gasteiger charge is -2.14. The van der Waals surface area contributed by atoms with Crippen LogP contribution < -0.4 is 4.72 Å². The Hall–Kier alpha value is -2.95. The summed E-state index contributed by atoms with van der Waals surface area (Å²) >= 11 is 0. The summed E-state index contributed by atoms with van der Waals surface area (Å²) in [5.74, 6) is 0.0688. The Morgan fingerprint density at radius 3 is 2.52 bits per heavy atom. The van der Waals surface area contributed by atoms with E-state index in [1.165, 1.54) is 23.0 Å². The number of benzene rings is 1. The first-order valence-electron chi connectivity index (χ1n) is 6.78. The van der Waals surface area contributed by atoms with Gasteiger partial charge in [0.15, 0.2) is 5.82 Å². The van der Waals surface area contributed by atoms with Crippen LogP contribution in [-0.2, 0) is 16.2 Å². The van der Waals surface area contributed by atoms with Crippen molar-refractivity contribution >= 4 is 15.8 Å². The summed E-state index contributed by atoms with van der Waals surface area (Å²) in [6.45, 7) is 0. The minimum absolute atomic E-state index is 0.183. The molecule has 0 atom stereocenters. The van der Waals surface area contributed by atoms with Crippen molar-refractivity contribution < 1.29 is 21.6 Å². The third-order valence-electron chi connectivity index (χ3n) is 3.11. The summed E-state index contributed by atoms with van der Waals surface area (Å²) in [5, 5.41) is 3.93. The lowest BCUT2D eigenvalue weighted by Crippen LogP contribution is -2.19. The van der Waals surface area contributed by atoms with Crippen molar-refractivity contribution in [3.8, 4) is 5.82 Å². The molecule has 0 unspecified atom stereocenters. The van der Waals surface area contributed by atoms with Gasteiger partial charge in [0.2, 0.25) is 0 Å². The first kappa shape index (κ1) is 16.9. The van der Waals surface area contributed by atoms with Gasteiger partial charge in [0.1, 0.15) is 12.1 Å². The van der Waals surface area contributed by atoms with Gasteiger partial charge < -0.3 is 0 Å². The van der Waals surface area contributed by atoms with Gasteiger partial charge in [-0.2, -0.15) is 18.3 Å². The molecule has 0 radical (unpaired) electrons.